The number of para-hydroxylation sites is 1. The van der Waals surface area contributed by atoms with E-state index in [0.717, 1.165) is 0 Å². The molecule has 7 nitrogen and oxygen atoms in total. The Morgan fingerprint density at radius 3 is 2.52 bits per heavy atom. The summed E-state index contributed by atoms with van der Waals surface area (Å²) in [6, 6.07) is 10.1. The molecule has 0 aliphatic carbocycles. The highest BCUT2D eigenvalue weighted by Crippen LogP contribution is 2.35. The lowest BCUT2D eigenvalue weighted by Crippen LogP contribution is -2.39. The van der Waals surface area contributed by atoms with Crippen molar-refractivity contribution in [2.75, 3.05) is 4.90 Å². The first-order valence-electron chi connectivity index (χ1n) is 8.29. The summed E-state index contributed by atoms with van der Waals surface area (Å²) in [4.78, 5) is 25.9. The Balaban J connectivity index is 1.83. The average Bonchev–Trinajstić information content (AvgIpc) is 3.17. The number of carbonyl (C=O) groups is 2. The Bertz CT molecular complexity index is 898. The van der Waals surface area contributed by atoms with E-state index >= 15 is 0 Å². The minimum absolute atomic E-state index is 0.0344. The van der Waals surface area contributed by atoms with E-state index in [9.17, 15) is 9.59 Å². The van der Waals surface area contributed by atoms with Crippen LogP contribution in [0.1, 0.15) is 33.5 Å². The van der Waals surface area contributed by atoms with Gasteiger partial charge in [-0.25, -0.2) is 9.69 Å². The third kappa shape index (κ3) is 3.83. The van der Waals surface area contributed by atoms with Gasteiger partial charge in [-0.3, -0.25) is 4.79 Å². The van der Waals surface area contributed by atoms with Crippen LogP contribution in [0.25, 0.3) is 0 Å². The molecule has 1 aromatic carbocycles. The van der Waals surface area contributed by atoms with Gasteiger partial charge in [0.2, 0.25) is 6.23 Å². The number of halogens is 1. The SMILES string of the molecule is CC1=C(Cl)C(=O)N(c2cc(C(C)(C)C)on2)C1OC(=O)Oc1ccccc1. The predicted octanol–water partition coefficient (Wildman–Crippen LogP) is 4.37. The first kappa shape index (κ1) is 19.0. The molecule has 0 saturated carbocycles. The molecule has 0 fully saturated rings. The van der Waals surface area contributed by atoms with Crippen LogP contribution in [-0.4, -0.2) is 23.4 Å². The van der Waals surface area contributed by atoms with E-state index in [4.69, 9.17) is 25.6 Å². The van der Waals surface area contributed by atoms with E-state index < -0.39 is 18.3 Å². The summed E-state index contributed by atoms with van der Waals surface area (Å²) in [6.07, 6.45) is -2.03. The van der Waals surface area contributed by atoms with Crippen LogP contribution in [0.5, 0.6) is 5.75 Å². The second kappa shape index (κ2) is 7.08. The fourth-order valence-corrected chi connectivity index (χ4v) is 2.67. The first-order valence-corrected chi connectivity index (χ1v) is 8.67. The Labute approximate surface area is 161 Å². The number of hydrogen-bond acceptors (Lipinski definition) is 6. The number of amides is 1. The molecule has 1 aromatic heterocycles. The molecular formula is C19H19ClN2O5. The largest absolute Gasteiger partial charge is 0.516 e. The van der Waals surface area contributed by atoms with Gasteiger partial charge in [0.05, 0.1) is 0 Å². The zero-order valence-electron chi connectivity index (χ0n) is 15.4. The van der Waals surface area contributed by atoms with E-state index in [0.29, 0.717) is 17.1 Å². The number of benzene rings is 1. The number of rotatable bonds is 3. The molecule has 1 unspecified atom stereocenters. The minimum atomic E-state index is -1.07. The highest BCUT2D eigenvalue weighted by molar-refractivity contribution is 6.45. The average molecular weight is 391 g/mol. The summed E-state index contributed by atoms with van der Waals surface area (Å²) in [7, 11) is 0. The molecule has 0 bridgehead atoms. The monoisotopic (exact) mass is 390 g/mol. The quantitative estimate of drug-likeness (QED) is 0.571. The van der Waals surface area contributed by atoms with E-state index in [2.05, 4.69) is 5.16 Å². The van der Waals surface area contributed by atoms with Gasteiger partial charge in [-0.1, -0.05) is 55.7 Å². The highest BCUT2D eigenvalue weighted by Gasteiger charge is 2.42. The van der Waals surface area contributed by atoms with Crippen LogP contribution in [0.4, 0.5) is 10.6 Å². The van der Waals surface area contributed by atoms with Crippen LogP contribution < -0.4 is 9.64 Å². The van der Waals surface area contributed by atoms with Crippen molar-refractivity contribution in [3.05, 3.63) is 52.8 Å². The van der Waals surface area contributed by atoms with Crippen molar-refractivity contribution < 1.29 is 23.6 Å². The molecule has 2 heterocycles. The lowest BCUT2D eigenvalue weighted by atomic mass is 9.93. The zero-order chi connectivity index (χ0) is 19.8. The van der Waals surface area contributed by atoms with Gasteiger partial charge in [0.1, 0.15) is 16.5 Å². The second-order valence-corrected chi connectivity index (χ2v) is 7.48. The molecule has 27 heavy (non-hydrogen) atoms. The maximum Gasteiger partial charge on any atom is 0.516 e. The maximum atomic E-state index is 12.5. The van der Waals surface area contributed by atoms with E-state index in [1.54, 1.807) is 43.3 Å². The van der Waals surface area contributed by atoms with Gasteiger partial charge in [0, 0.05) is 17.1 Å². The molecule has 0 N–H and O–H groups in total. The minimum Gasteiger partial charge on any atom is -0.405 e. The molecule has 1 aliphatic rings. The van der Waals surface area contributed by atoms with Crippen LogP contribution in [0.2, 0.25) is 0 Å². The van der Waals surface area contributed by atoms with Crippen molar-refractivity contribution in [1.82, 2.24) is 5.16 Å². The number of hydrogen-bond donors (Lipinski definition) is 0. The molecule has 0 radical (unpaired) electrons. The van der Waals surface area contributed by atoms with Gasteiger partial charge in [0.25, 0.3) is 5.91 Å². The first-order chi connectivity index (χ1) is 12.7. The number of carbonyl (C=O) groups excluding carboxylic acids is 2. The highest BCUT2D eigenvalue weighted by atomic mass is 35.5. The van der Waals surface area contributed by atoms with Crippen molar-refractivity contribution in [3.8, 4) is 5.75 Å². The summed E-state index contributed by atoms with van der Waals surface area (Å²) >= 11 is 6.09. The van der Waals surface area contributed by atoms with Crippen molar-refractivity contribution in [2.24, 2.45) is 0 Å². The van der Waals surface area contributed by atoms with Gasteiger partial charge in [-0.2, -0.15) is 0 Å². The molecule has 0 saturated heterocycles. The molecule has 0 spiro atoms. The van der Waals surface area contributed by atoms with Crippen molar-refractivity contribution in [3.63, 3.8) is 0 Å². The third-order valence-electron chi connectivity index (χ3n) is 3.99. The summed E-state index contributed by atoms with van der Waals surface area (Å²) in [5.41, 5.74) is 0.0788. The molecule has 1 atom stereocenters. The fraction of sp³-hybridized carbons (Fsp3) is 0.316. The van der Waals surface area contributed by atoms with E-state index in [-0.39, 0.29) is 16.3 Å². The Hall–Kier alpha value is -2.80. The number of ether oxygens (including phenoxy) is 2. The third-order valence-corrected chi connectivity index (χ3v) is 4.45. The lowest BCUT2D eigenvalue weighted by Gasteiger charge is -2.23. The number of nitrogens with zero attached hydrogens (tertiary/aromatic N) is 2. The Kier molecular flexibility index (Phi) is 4.97. The topological polar surface area (TPSA) is 81.9 Å². The molecule has 1 amide bonds. The Morgan fingerprint density at radius 1 is 1.26 bits per heavy atom. The van der Waals surface area contributed by atoms with Gasteiger partial charge < -0.3 is 14.0 Å². The second-order valence-electron chi connectivity index (χ2n) is 7.11. The smallest absolute Gasteiger partial charge is 0.405 e. The summed E-state index contributed by atoms with van der Waals surface area (Å²) in [5.74, 6) is 0.581. The van der Waals surface area contributed by atoms with Gasteiger partial charge in [-0.15, -0.1) is 0 Å². The summed E-state index contributed by atoms with van der Waals surface area (Å²) in [5, 5.41) is 3.90. The van der Waals surface area contributed by atoms with Crippen LogP contribution in [0.15, 0.2) is 51.5 Å². The van der Waals surface area contributed by atoms with Crippen LogP contribution in [-0.2, 0) is 14.9 Å². The molecule has 3 rings (SSSR count). The van der Waals surface area contributed by atoms with Crippen LogP contribution in [0.3, 0.4) is 0 Å². The lowest BCUT2D eigenvalue weighted by molar-refractivity contribution is -0.115. The van der Waals surface area contributed by atoms with Gasteiger partial charge >= 0.3 is 6.16 Å². The van der Waals surface area contributed by atoms with Crippen molar-refractivity contribution >= 4 is 29.5 Å². The predicted molar refractivity (Wildman–Crippen MR) is 98.6 cm³/mol. The number of anilines is 1. The standard InChI is InChI=1S/C19H19ClN2O5/c1-11-15(20)16(23)22(14-10-13(27-21-14)19(2,3)4)17(11)26-18(24)25-12-8-6-5-7-9-12/h5-10,17H,1-4H3. The molecule has 1 aliphatic heterocycles. The van der Waals surface area contributed by atoms with E-state index in [1.165, 1.54) is 4.90 Å². The maximum absolute atomic E-state index is 12.5. The molecular weight excluding hydrogens is 372 g/mol. The van der Waals surface area contributed by atoms with Crippen molar-refractivity contribution in [2.45, 2.75) is 39.3 Å². The molecule has 142 valence electrons. The molecule has 2 aromatic rings. The van der Waals surface area contributed by atoms with Crippen LogP contribution in [0, 0.1) is 0 Å². The number of aromatic nitrogens is 1. The molecule has 8 heteroatoms. The Morgan fingerprint density at radius 2 is 1.93 bits per heavy atom. The van der Waals surface area contributed by atoms with Gasteiger partial charge in [0.15, 0.2) is 5.82 Å². The summed E-state index contributed by atoms with van der Waals surface area (Å²) < 4.78 is 15.8. The van der Waals surface area contributed by atoms with Crippen LogP contribution >= 0.6 is 11.6 Å². The van der Waals surface area contributed by atoms with Crippen molar-refractivity contribution in [1.29, 1.82) is 0 Å². The van der Waals surface area contributed by atoms with E-state index in [1.807, 2.05) is 20.8 Å². The normalized spacial score (nSPS) is 17.4. The fourth-order valence-electron chi connectivity index (χ4n) is 2.48. The zero-order valence-corrected chi connectivity index (χ0v) is 16.1. The van der Waals surface area contributed by atoms with Gasteiger partial charge in [-0.05, 0) is 19.1 Å². The summed E-state index contributed by atoms with van der Waals surface area (Å²) in [6.45, 7) is 7.45.